The van der Waals surface area contributed by atoms with Crippen LogP contribution in [0.4, 0.5) is 10.8 Å². The fraction of sp³-hybridized carbons (Fsp3) is 0.444. The number of ether oxygens (including phenoxy) is 1. The zero-order valence-electron chi connectivity index (χ0n) is 13.5. The Labute approximate surface area is 145 Å². The number of thiazole rings is 1. The first-order chi connectivity index (χ1) is 11.8. The van der Waals surface area contributed by atoms with Crippen LogP contribution in [0.5, 0.6) is 0 Å². The van der Waals surface area contributed by atoms with E-state index >= 15 is 0 Å². The summed E-state index contributed by atoms with van der Waals surface area (Å²) < 4.78 is 5.63. The topological polar surface area (TPSA) is 54.5 Å². The fourth-order valence-corrected chi connectivity index (χ4v) is 3.98. The number of anilines is 2. The van der Waals surface area contributed by atoms with Crippen LogP contribution in [0.2, 0.25) is 0 Å². The van der Waals surface area contributed by atoms with Crippen LogP contribution in [-0.4, -0.2) is 36.7 Å². The van der Waals surface area contributed by atoms with Gasteiger partial charge in [-0.25, -0.2) is 4.98 Å². The minimum atomic E-state index is 0.212. The van der Waals surface area contributed by atoms with Gasteiger partial charge in [-0.15, -0.1) is 11.3 Å². The van der Waals surface area contributed by atoms with Crippen LogP contribution in [0.25, 0.3) is 11.3 Å². The molecule has 1 aromatic heterocycles. The van der Waals surface area contributed by atoms with Crippen molar-refractivity contribution in [3.05, 3.63) is 29.6 Å². The summed E-state index contributed by atoms with van der Waals surface area (Å²) in [7, 11) is 0. The highest BCUT2D eigenvalue weighted by atomic mass is 32.1. The lowest BCUT2D eigenvalue weighted by Crippen LogP contribution is -2.23. The molecule has 2 aliphatic heterocycles. The zero-order valence-corrected chi connectivity index (χ0v) is 14.3. The van der Waals surface area contributed by atoms with E-state index in [1.807, 2.05) is 23.1 Å². The van der Waals surface area contributed by atoms with E-state index in [4.69, 9.17) is 4.74 Å². The molecule has 2 aromatic rings. The van der Waals surface area contributed by atoms with E-state index in [0.29, 0.717) is 12.5 Å². The first kappa shape index (κ1) is 15.6. The number of carbonyl (C=O) groups is 1. The molecule has 1 N–H and O–H groups in total. The molecule has 1 atom stereocenters. The number of nitrogens with zero attached hydrogens (tertiary/aromatic N) is 2. The molecule has 0 radical (unpaired) electrons. The number of hydrogen-bond donors (Lipinski definition) is 1. The van der Waals surface area contributed by atoms with Crippen molar-refractivity contribution in [2.45, 2.75) is 31.8 Å². The Hall–Kier alpha value is -1.92. The highest BCUT2D eigenvalue weighted by Crippen LogP contribution is 2.29. The van der Waals surface area contributed by atoms with Crippen LogP contribution in [0.1, 0.15) is 25.7 Å². The second kappa shape index (κ2) is 6.91. The summed E-state index contributed by atoms with van der Waals surface area (Å²) in [5.41, 5.74) is 2.97. The number of nitrogens with one attached hydrogen (secondary N) is 1. The summed E-state index contributed by atoms with van der Waals surface area (Å²) in [5.74, 6) is 0.212. The van der Waals surface area contributed by atoms with Crippen molar-refractivity contribution < 1.29 is 9.53 Å². The van der Waals surface area contributed by atoms with Crippen molar-refractivity contribution >= 4 is 28.1 Å². The van der Waals surface area contributed by atoms with Gasteiger partial charge in [0.2, 0.25) is 5.91 Å². The van der Waals surface area contributed by atoms with Crippen LogP contribution in [0.3, 0.4) is 0 Å². The Morgan fingerprint density at radius 2 is 2.33 bits per heavy atom. The van der Waals surface area contributed by atoms with Gasteiger partial charge in [0.1, 0.15) is 0 Å². The van der Waals surface area contributed by atoms with Gasteiger partial charge in [0.25, 0.3) is 0 Å². The van der Waals surface area contributed by atoms with E-state index in [1.54, 1.807) is 11.3 Å². The van der Waals surface area contributed by atoms with E-state index < -0.39 is 0 Å². The van der Waals surface area contributed by atoms with E-state index in [-0.39, 0.29) is 5.91 Å². The second-order valence-corrected chi connectivity index (χ2v) is 7.11. The third-order valence-corrected chi connectivity index (χ3v) is 5.34. The number of rotatable bonds is 5. The molecule has 0 unspecified atom stereocenters. The Morgan fingerprint density at radius 3 is 3.12 bits per heavy atom. The third kappa shape index (κ3) is 3.30. The smallest absolute Gasteiger partial charge is 0.227 e. The van der Waals surface area contributed by atoms with Gasteiger partial charge in [-0.05, 0) is 31.4 Å². The minimum absolute atomic E-state index is 0.212. The Balaban J connectivity index is 1.46. The number of hydrogen-bond acceptors (Lipinski definition) is 5. The summed E-state index contributed by atoms with van der Waals surface area (Å²) in [6, 6.07) is 8.09. The first-order valence-electron chi connectivity index (χ1n) is 8.51. The normalized spacial score (nSPS) is 20.8. The largest absolute Gasteiger partial charge is 0.376 e. The van der Waals surface area contributed by atoms with E-state index in [2.05, 4.69) is 21.7 Å². The predicted octanol–water partition coefficient (Wildman–Crippen LogP) is 3.53. The number of benzene rings is 1. The van der Waals surface area contributed by atoms with Gasteiger partial charge in [0.05, 0.1) is 11.8 Å². The molecule has 4 rings (SSSR count). The summed E-state index contributed by atoms with van der Waals surface area (Å²) in [6.07, 6.45) is 4.17. The van der Waals surface area contributed by atoms with Gasteiger partial charge >= 0.3 is 0 Å². The zero-order chi connectivity index (χ0) is 16.4. The lowest BCUT2D eigenvalue weighted by atomic mass is 10.1. The number of carbonyl (C=O) groups excluding carboxylic acids is 1. The quantitative estimate of drug-likeness (QED) is 0.902. The lowest BCUT2D eigenvalue weighted by molar-refractivity contribution is -0.117. The number of aromatic nitrogens is 1. The van der Waals surface area contributed by atoms with Crippen LogP contribution in [0, 0.1) is 0 Å². The van der Waals surface area contributed by atoms with Crippen molar-refractivity contribution in [1.82, 2.24) is 4.98 Å². The average molecular weight is 343 g/mol. The molecular weight excluding hydrogens is 322 g/mol. The maximum Gasteiger partial charge on any atom is 0.227 e. The standard InChI is InChI=1S/C18H21N3O2S/c22-17-7-2-8-21(17)14-5-1-4-13(10-14)16-12-24-18(20-16)19-11-15-6-3-9-23-15/h1,4-5,10,12,15H,2-3,6-9,11H2,(H,19,20)/t15-/m0/s1. The van der Waals surface area contributed by atoms with Crippen molar-refractivity contribution in [2.75, 3.05) is 29.9 Å². The van der Waals surface area contributed by atoms with Crippen molar-refractivity contribution in [1.29, 1.82) is 0 Å². The molecule has 2 aliphatic rings. The second-order valence-electron chi connectivity index (χ2n) is 6.25. The Morgan fingerprint density at radius 1 is 1.38 bits per heavy atom. The molecule has 0 aliphatic carbocycles. The molecule has 0 saturated carbocycles. The van der Waals surface area contributed by atoms with Crippen LogP contribution < -0.4 is 10.2 Å². The molecule has 2 fully saturated rings. The van der Waals surface area contributed by atoms with Crippen LogP contribution >= 0.6 is 11.3 Å². The van der Waals surface area contributed by atoms with Crippen LogP contribution in [0.15, 0.2) is 29.6 Å². The van der Waals surface area contributed by atoms with Crippen molar-refractivity contribution in [2.24, 2.45) is 0 Å². The first-order valence-corrected chi connectivity index (χ1v) is 9.39. The Bertz CT molecular complexity index is 725. The molecule has 1 amide bonds. The lowest BCUT2D eigenvalue weighted by Gasteiger charge is -2.16. The molecule has 126 valence electrons. The predicted molar refractivity (Wildman–Crippen MR) is 96.6 cm³/mol. The number of amides is 1. The summed E-state index contributed by atoms with van der Waals surface area (Å²) in [4.78, 5) is 18.5. The van der Waals surface area contributed by atoms with Crippen molar-refractivity contribution in [3.63, 3.8) is 0 Å². The monoisotopic (exact) mass is 343 g/mol. The van der Waals surface area contributed by atoms with Gasteiger partial charge in [-0.3, -0.25) is 4.79 Å². The molecule has 1 aromatic carbocycles. The van der Waals surface area contributed by atoms with E-state index in [1.165, 1.54) is 0 Å². The van der Waals surface area contributed by atoms with Gasteiger partial charge < -0.3 is 15.0 Å². The van der Waals surface area contributed by atoms with Gasteiger partial charge in [-0.1, -0.05) is 12.1 Å². The molecule has 2 saturated heterocycles. The Kier molecular flexibility index (Phi) is 4.49. The van der Waals surface area contributed by atoms with E-state index in [9.17, 15) is 4.79 Å². The third-order valence-electron chi connectivity index (χ3n) is 4.54. The summed E-state index contributed by atoms with van der Waals surface area (Å²) in [6.45, 7) is 2.50. The molecule has 24 heavy (non-hydrogen) atoms. The van der Waals surface area contributed by atoms with Gasteiger partial charge in [0.15, 0.2) is 5.13 Å². The van der Waals surface area contributed by atoms with Gasteiger partial charge in [0, 0.05) is 42.7 Å². The molecule has 5 nitrogen and oxygen atoms in total. The summed E-state index contributed by atoms with van der Waals surface area (Å²) in [5, 5.41) is 6.35. The van der Waals surface area contributed by atoms with E-state index in [0.717, 1.165) is 61.0 Å². The molecule has 0 bridgehead atoms. The van der Waals surface area contributed by atoms with Crippen LogP contribution in [-0.2, 0) is 9.53 Å². The maximum absolute atomic E-state index is 11.9. The highest BCUT2D eigenvalue weighted by Gasteiger charge is 2.22. The average Bonchev–Trinajstić information content (AvgIpc) is 3.35. The van der Waals surface area contributed by atoms with Crippen molar-refractivity contribution in [3.8, 4) is 11.3 Å². The molecular formula is C18H21N3O2S. The molecule has 6 heteroatoms. The molecule has 0 spiro atoms. The SMILES string of the molecule is O=C1CCCN1c1cccc(-c2csc(NC[C@@H]3CCCO3)n2)c1. The maximum atomic E-state index is 11.9. The summed E-state index contributed by atoms with van der Waals surface area (Å²) >= 11 is 1.61. The minimum Gasteiger partial charge on any atom is -0.376 e. The molecule has 3 heterocycles. The highest BCUT2D eigenvalue weighted by molar-refractivity contribution is 7.14. The fourth-order valence-electron chi connectivity index (χ4n) is 3.25. The van der Waals surface area contributed by atoms with Gasteiger partial charge in [-0.2, -0.15) is 0 Å².